The topological polar surface area (TPSA) is 50.0 Å². The van der Waals surface area contributed by atoms with Crippen LogP contribution in [0.4, 0.5) is 0 Å². The molecule has 88 valence electrons. The second kappa shape index (κ2) is 4.67. The highest BCUT2D eigenvalue weighted by Crippen LogP contribution is 2.15. The van der Waals surface area contributed by atoms with Crippen molar-refractivity contribution in [3.8, 4) is 0 Å². The molecule has 0 spiro atoms. The SMILES string of the molecule is CN(C)C=NC(=O)c1ncn2cc(Br)ccc12. The summed E-state index contributed by atoms with van der Waals surface area (Å²) in [6.07, 6.45) is 4.90. The van der Waals surface area contributed by atoms with Crippen LogP contribution in [0.25, 0.3) is 5.52 Å². The quantitative estimate of drug-likeness (QED) is 0.627. The lowest BCUT2D eigenvalue weighted by Gasteiger charge is -2.01. The molecule has 0 aromatic carbocycles. The van der Waals surface area contributed by atoms with Gasteiger partial charge in [-0.3, -0.25) is 4.79 Å². The van der Waals surface area contributed by atoms with Crippen molar-refractivity contribution in [2.24, 2.45) is 4.99 Å². The normalized spacial score (nSPS) is 11.2. The highest BCUT2D eigenvalue weighted by atomic mass is 79.9. The van der Waals surface area contributed by atoms with Gasteiger partial charge in [-0.2, -0.15) is 4.99 Å². The minimum Gasteiger partial charge on any atom is -0.369 e. The maximum absolute atomic E-state index is 11.8. The lowest BCUT2D eigenvalue weighted by molar-refractivity contribution is 0.0999. The second-order valence-corrected chi connectivity index (χ2v) is 4.66. The van der Waals surface area contributed by atoms with Crippen molar-refractivity contribution in [2.75, 3.05) is 14.1 Å². The third-order valence-corrected chi connectivity index (χ3v) is 2.57. The van der Waals surface area contributed by atoms with Crippen LogP contribution in [0.15, 0.2) is 34.1 Å². The van der Waals surface area contributed by atoms with Gasteiger partial charge in [0.15, 0.2) is 5.69 Å². The first-order valence-electron chi connectivity index (χ1n) is 4.95. The predicted octanol–water partition coefficient (Wildman–Crippen LogP) is 1.83. The minimum absolute atomic E-state index is 0.344. The highest BCUT2D eigenvalue weighted by Gasteiger charge is 2.11. The third-order valence-electron chi connectivity index (χ3n) is 2.10. The average Bonchev–Trinajstić information content (AvgIpc) is 2.68. The molecule has 2 rings (SSSR count). The number of hydrogen-bond acceptors (Lipinski definition) is 2. The van der Waals surface area contributed by atoms with Crippen LogP contribution in [-0.4, -0.2) is 40.6 Å². The van der Waals surface area contributed by atoms with Gasteiger partial charge in [0.25, 0.3) is 5.91 Å². The number of pyridine rings is 1. The van der Waals surface area contributed by atoms with Gasteiger partial charge in [-0.15, -0.1) is 0 Å². The molecule has 2 heterocycles. The summed E-state index contributed by atoms with van der Waals surface area (Å²) < 4.78 is 2.71. The number of carbonyl (C=O) groups is 1. The Balaban J connectivity index is 2.39. The van der Waals surface area contributed by atoms with E-state index in [1.54, 1.807) is 29.7 Å². The van der Waals surface area contributed by atoms with Gasteiger partial charge < -0.3 is 9.30 Å². The zero-order chi connectivity index (χ0) is 12.4. The number of hydrogen-bond donors (Lipinski definition) is 0. The number of imidazole rings is 1. The summed E-state index contributed by atoms with van der Waals surface area (Å²) in [5.74, 6) is -0.344. The molecule has 2 aromatic heterocycles. The molecule has 0 atom stereocenters. The molecule has 0 aliphatic carbocycles. The maximum atomic E-state index is 11.8. The molecule has 0 bridgehead atoms. The van der Waals surface area contributed by atoms with Crippen LogP contribution in [-0.2, 0) is 0 Å². The van der Waals surface area contributed by atoms with E-state index in [0.29, 0.717) is 5.69 Å². The van der Waals surface area contributed by atoms with Crippen molar-refractivity contribution in [1.82, 2.24) is 14.3 Å². The van der Waals surface area contributed by atoms with Crippen LogP contribution in [0.5, 0.6) is 0 Å². The number of carbonyl (C=O) groups excluding carboxylic acids is 1. The number of halogens is 1. The van der Waals surface area contributed by atoms with E-state index in [4.69, 9.17) is 0 Å². The molecule has 0 N–H and O–H groups in total. The maximum Gasteiger partial charge on any atom is 0.299 e. The van der Waals surface area contributed by atoms with E-state index >= 15 is 0 Å². The van der Waals surface area contributed by atoms with E-state index in [1.807, 2.05) is 18.3 Å². The van der Waals surface area contributed by atoms with Gasteiger partial charge in [0.1, 0.15) is 6.33 Å². The number of nitrogens with zero attached hydrogens (tertiary/aromatic N) is 4. The molecule has 0 aliphatic heterocycles. The van der Waals surface area contributed by atoms with E-state index in [-0.39, 0.29) is 5.91 Å². The molecule has 17 heavy (non-hydrogen) atoms. The third kappa shape index (κ3) is 2.52. The zero-order valence-electron chi connectivity index (χ0n) is 9.46. The smallest absolute Gasteiger partial charge is 0.299 e. The molecular weight excluding hydrogens is 284 g/mol. The first kappa shape index (κ1) is 11.8. The number of fused-ring (bicyclic) bond motifs is 1. The molecule has 2 aromatic rings. The molecule has 0 radical (unpaired) electrons. The standard InChI is InChI=1S/C11H11BrN4O/c1-15(2)6-14-11(17)10-9-4-3-8(12)5-16(9)7-13-10/h3-7H,1-2H3. The fraction of sp³-hybridized carbons (Fsp3) is 0.182. The van der Waals surface area contributed by atoms with Crippen molar-refractivity contribution >= 4 is 33.7 Å². The van der Waals surface area contributed by atoms with Crippen molar-refractivity contribution < 1.29 is 4.79 Å². The first-order chi connectivity index (χ1) is 8.08. The lowest BCUT2D eigenvalue weighted by Crippen LogP contribution is -2.10. The average molecular weight is 295 g/mol. The number of rotatable bonds is 2. The number of aromatic nitrogens is 2. The largest absolute Gasteiger partial charge is 0.369 e. The first-order valence-corrected chi connectivity index (χ1v) is 5.74. The Morgan fingerprint density at radius 3 is 3.00 bits per heavy atom. The molecule has 0 aliphatic rings. The van der Waals surface area contributed by atoms with E-state index in [2.05, 4.69) is 25.9 Å². The molecule has 0 saturated heterocycles. The van der Waals surface area contributed by atoms with Gasteiger partial charge in [0.05, 0.1) is 11.9 Å². The van der Waals surface area contributed by atoms with Gasteiger partial charge in [-0.1, -0.05) is 0 Å². The summed E-state index contributed by atoms with van der Waals surface area (Å²) in [6, 6.07) is 3.69. The summed E-state index contributed by atoms with van der Waals surface area (Å²) in [7, 11) is 3.61. The molecule has 1 amide bonds. The second-order valence-electron chi connectivity index (χ2n) is 3.75. The van der Waals surface area contributed by atoms with Crippen molar-refractivity contribution in [3.05, 3.63) is 34.8 Å². The van der Waals surface area contributed by atoms with Crippen molar-refractivity contribution in [3.63, 3.8) is 0 Å². The highest BCUT2D eigenvalue weighted by molar-refractivity contribution is 9.10. The molecule has 5 nitrogen and oxygen atoms in total. The van der Waals surface area contributed by atoms with Crippen LogP contribution >= 0.6 is 15.9 Å². The van der Waals surface area contributed by atoms with Crippen LogP contribution in [0.1, 0.15) is 10.5 Å². The van der Waals surface area contributed by atoms with Gasteiger partial charge in [-0.25, -0.2) is 4.98 Å². The molecule has 0 unspecified atom stereocenters. The molecular formula is C11H11BrN4O. The summed E-state index contributed by atoms with van der Waals surface area (Å²) in [6.45, 7) is 0. The Labute approximate surface area is 107 Å². The van der Waals surface area contributed by atoms with Crippen LogP contribution < -0.4 is 0 Å². The molecule has 0 saturated carbocycles. The lowest BCUT2D eigenvalue weighted by atomic mass is 10.3. The van der Waals surface area contributed by atoms with Crippen molar-refractivity contribution in [1.29, 1.82) is 0 Å². The number of amides is 1. The summed E-state index contributed by atoms with van der Waals surface area (Å²) >= 11 is 3.36. The summed E-state index contributed by atoms with van der Waals surface area (Å²) in [5.41, 5.74) is 1.10. The van der Waals surface area contributed by atoms with Gasteiger partial charge in [0.2, 0.25) is 0 Å². The van der Waals surface area contributed by atoms with Crippen molar-refractivity contribution in [2.45, 2.75) is 0 Å². The molecule has 6 heteroatoms. The molecule has 0 fully saturated rings. The van der Waals surface area contributed by atoms with E-state index in [0.717, 1.165) is 9.99 Å². The Bertz CT molecular complexity index is 588. The van der Waals surface area contributed by atoms with Gasteiger partial charge in [-0.05, 0) is 28.1 Å². The Morgan fingerprint density at radius 1 is 1.53 bits per heavy atom. The summed E-state index contributed by atoms with van der Waals surface area (Å²) in [5, 5.41) is 0. The van der Waals surface area contributed by atoms with Crippen LogP contribution in [0.2, 0.25) is 0 Å². The minimum atomic E-state index is -0.344. The Kier molecular flexibility index (Phi) is 3.23. The van der Waals surface area contributed by atoms with Crippen LogP contribution in [0.3, 0.4) is 0 Å². The van der Waals surface area contributed by atoms with Crippen LogP contribution in [0, 0.1) is 0 Å². The van der Waals surface area contributed by atoms with E-state index in [9.17, 15) is 4.79 Å². The number of aliphatic imine (C=N–C) groups is 1. The van der Waals surface area contributed by atoms with E-state index < -0.39 is 0 Å². The van der Waals surface area contributed by atoms with E-state index in [1.165, 1.54) is 6.34 Å². The summed E-state index contributed by atoms with van der Waals surface area (Å²) in [4.78, 5) is 21.4. The monoisotopic (exact) mass is 294 g/mol. The predicted molar refractivity (Wildman–Crippen MR) is 69.4 cm³/mol. The fourth-order valence-electron chi connectivity index (χ4n) is 1.37. The Hall–Kier alpha value is -1.69. The Morgan fingerprint density at radius 2 is 2.29 bits per heavy atom. The fourth-order valence-corrected chi connectivity index (χ4v) is 1.72. The van der Waals surface area contributed by atoms with Gasteiger partial charge in [0, 0.05) is 24.8 Å². The van der Waals surface area contributed by atoms with Gasteiger partial charge >= 0.3 is 0 Å². The zero-order valence-corrected chi connectivity index (χ0v) is 11.0.